The zero-order valence-corrected chi connectivity index (χ0v) is 9.82. The van der Waals surface area contributed by atoms with Gasteiger partial charge < -0.3 is 14.0 Å². The number of aliphatic hydroxyl groups excluding tert-OH is 1. The summed E-state index contributed by atoms with van der Waals surface area (Å²) < 4.78 is 10.2. The summed E-state index contributed by atoms with van der Waals surface area (Å²) in [5, 5.41) is 9.89. The van der Waals surface area contributed by atoms with Crippen LogP contribution in [0.2, 0.25) is 0 Å². The molecule has 2 rings (SSSR count). The van der Waals surface area contributed by atoms with E-state index in [0.717, 1.165) is 11.3 Å². The summed E-state index contributed by atoms with van der Waals surface area (Å²) >= 11 is 0. The van der Waals surface area contributed by atoms with E-state index in [2.05, 4.69) is 9.47 Å². The molecule has 1 aromatic carbocycles. The van der Waals surface area contributed by atoms with Gasteiger partial charge in [-0.05, 0) is 29.8 Å². The first-order chi connectivity index (χ1) is 7.79. The van der Waals surface area contributed by atoms with Crippen molar-refractivity contribution in [1.29, 1.82) is 0 Å². The molecular weight excluding hydrogens is 223 g/mol. The number of aliphatic hydroxyl groups is 1. The first kappa shape index (κ1) is 11.2. The summed E-state index contributed by atoms with van der Waals surface area (Å²) in [4.78, 5) is 0. The fraction of sp³-hybridized carbons (Fsp3) is 0.167. The van der Waals surface area contributed by atoms with Crippen molar-refractivity contribution in [1.82, 2.24) is 0 Å². The van der Waals surface area contributed by atoms with Gasteiger partial charge in [0.15, 0.2) is 0 Å². The molecule has 0 bridgehead atoms. The second-order valence-electron chi connectivity index (χ2n) is 3.50. The maximum Gasteiger partial charge on any atom is 0.132 e. The predicted molar refractivity (Wildman–Crippen MR) is 64.2 cm³/mol. The smallest absolute Gasteiger partial charge is 0.132 e. The Morgan fingerprint density at radius 3 is 2.88 bits per heavy atom. The Kier molecular flexibility index (Phi) is 3.60. The lowest BCUT2D eigenvalue weighted by atomic mass is 10.1. The molecule has 1 aromatic heterocycles. The molecule has 0 aliphatic carbocycles. The number of rotatable bonds is 4. The average Bonchev–Trinajstić information content (AvgIpc) is 2.83. The Morgan fingerprint density at radius 2 is 2.19 bits per heavy atom. The number of hydrogen-bond donors (Lipinski definition) is 1. The molecule has 2 aromatic rings. The molecule has 0 aliphatic rings. The molecule has 2 atom stereocenters. The molecule has 0 fully saturated rings. The standard InChI is InChI=1S/C12H13O3P/c13-11(12-5-2-6-14-12)8-9-3-1-4-10(7-9)15-16/h1-7,11,13H,8,16H2. The molecule has 2 unspecified atom stereocenters. The van der Waals surface area contributed by atoms with Crippen LogP contribution in [-0.4, -0.2) is 5.11 Å². The highest BCUT2D eigenvalue weighted by atomic mass is 31.0. The van der Waals surface area contributed by atoms with Crippen LogP contribution in [-0.2, 0) is 6.42 Å². The summed E-state index contributed by atoms with van der Waals surface area (Å²) in [6, 6.07) is 11.1. The van der Waals surface area contributed by atoms with Crippen LogP contribution in [0.15, 0.2) is 47.1 Å². The van der Waals surface area contributed by atoms with E-state index in [1.165, 1.54) is 0 Å². The SMILES string of the molecule is OC(Cc1cccc(OP)c1)c1ccco1. The van der Waals surface area contributed by atoms with Crippen molar-refractivity contribution in [3.05, 3.63) is 54.0 Å². The Labute approximate surface area is 96.3 Å². The van der Waals surface area contributed by atoms with Gasteiger partial charge in [-0.2, -0.15) is 0 Å². The minimum atomic E-state index is -0.616. The summed E-state index contributed by atoms with van der Waals surface area (Å²) in [5.41, 5.74) is 1.00. The van der Waals surface area contributed by atoms with Crippen molar-refractivity contribution in [2.75, 3.05) is 0 Å². The van der Waals surface area contributed by atoms with Crippen molar-refractivity contribution in [3.63, 3.8) is 0 Å². The third kappa shape index (κ3) is 2.63. The summed E-state index contributed by atoms with van der Waals surface area (Å²) in [5.74, 6) is 1.34. The molecule has 0 spiro atoms. The molecule has 3 nitrogen and oxygen atoms in total. The normalized spacial score (nSPS) is 12.4. The zero-order chi connectivity index (χ0) is 11.4. The van der Waals surface area contributed by atoms with Gasteiger partial charge in [0.25, 0.3) is 0 Å². The van der Waals surface area contributed by atoms with Gasteiger partial charge >= 0.3 is 0 Å². The Bertz CT molecular complexity index is 439. The minimum absolute atomic E-state index is 0.509. The molecule has 16 heavy (non-hydrogen) atoms. The quantitative estimate of drug-likeness (QED) is 0.830. The molecule has 0 saturated heterocycles. The molecule has 0 aliphatic heterocycles. The van der Waals surface area contributed by atoms with Gasteiger partial charge in [-0.3, -0.25) is 0 Å². The summed E-state index contributed by atoms with van der Waals surface area (Å²) in [6.45, 7) is 0. The first-order valence-electron chi connectivity index (χ1n) is 4.97. The van der Waals surface area contributed by atoms with Crippen LogP contribution in [0.1, 0.15) is 17.4 Å². The van der Waals surface area contributed by atoms with Crippen LogP contribution in [0, 0.1) is 0 Å². The second-order valence-corrected chi connectivity index (χ2v) is 3.74. The molecule has 4 heteroatoms. The largest absolute Gasteiger partial charge is 0.480 e. The van der Waals surface area contributed by atoms with E-state index in [1.807, 2.05) is 24.3 Å². The highest BCUT2D eigenvalue weighted by Gasteiger charge is 2.11. The van der Waals surface area contributed by atoms with Gasteiger partial charge in [-0.25, -0.2) is 0 Å². The Hall–Kier alpha value is -1.31. The third-order valence-electron chi connectivity index (χ3n) is 2.34. The van der Waals surface area contributed by atoms with E-state index in [9.17, 15) is 5.11 Å². The van der Waals surface area contributed by atoms with Gasteiger partial charge in [0.1, 0.15) is 17.6 Å². The molecule has 1 N–H and O–H groups in total. The predicted octanol–water partition coefficient (Wildman–Crippen LogP) is 2.72. The average molecular weight is 236 g/mol. The molecule has 0 saturated carbocycles. The number of hydrogen-bond acceptors (Lipinski definition) is 3. The number of benzene rings is 1. The molecular formula is C12H13O3P. The highest BCUT2D eigenvalue weighted by molar-refractivity contribution is 7.10. The van der Waals surface area contributed by atoms with Crippen molar-refractivity contribution >= 4 is 9.47 Å². The van der Waals surface area contributed by atoms with E-state index in [0.29, 0.717) is 12.2 Å². The van der Waals surface area contributed by atoms with Gasteiger partial charge in [0.2, 0.25) is 0 Å². The first-order valence-corrected chi connectivity index (χ1v) is 5.44. The van der Waals surface area contributed by atoms with Crippen LogP contribution in [0.25, 0.3) is 0 Å². The van der Waals surface area contributed by atoms with Gasteiger partial charge in [-0.15, -0.1) is 0 Å². The summed E-state index contributed by atoms with van der Waals surface area (Å²) in [6.07, 6.45) is 1.45. The van der Waals surface area contributed by atoms with Crippen LogP contribution < -0.4 is 4.52 Å². The molecule has 0 amide bonds. The molecule has 0 radical (unpaired) electrons. The Balaban J connectivity index is 2.08. The lowest BCUT2D eigenvalue weighted by molar-refractivity contribution is 0.150. The van der Waals surface area contributed by atoms with Crippen molar-refractivity contribution in [3.8, 4) is 5.75 Å². The number of furan rings is 1. The maximum absolute atomic E-state index is 9.89. The van der Waals surface area contributed by atoms with Crippen LogP contribution in [0.3, 0.4) is 0 Å². The van der Waals surface area contributed by atoms with Gasteiger partial charge in [0, 0.05) is 6.42 Å². The third-order valence-corrected chi connectivity index (χ3v) is 2.61. The highest BCUT2D eigenvalue weighted by Crippen LogP contribution is 2.22. The van der Waals surface area contributed by atoms with Gasteiger partial charge in [-0.1, -0.05) is 12.1 Å². The minimum Gasteiger partial charge on any atom is -0.480 e. The van der Waals surface area contributed by atoms with E-state index in [-0.39, 0.29) is 0 Å². The van der Waals surface area contributed by atoms with Crippen LogP contribution in [0.5, 0.6) is 5.75 Å². The fourth-order valence-corrected chi connectivity index (χ4v) is 1.70. The van der Waals surface area contributed by atoms with Crippen LogP contribution >= 0.6 is 9.47 Å². The molecule has 84 valence electrons. The maximum atomic E-state index is 9.89. The van der Waals surface area contributed by atoms with Crippen LogP contribution in [0.4, 0.5) is 0 Å². The van der Waals surface area contributed by atoms with E-state index in [4.69, 9.17) is 8.94 Å². The summed E-state index contributed by atoms with van der Waals surface area (Å²) in [7, 11) is 2.20. The van der Waals surface area contributed by atoms with Crippen molar-refractivity contribution in [2.24, 2.45) is 0 Å². The van der Waals surface area contributed by atoms with E-state index >= 15 is 0 Å². The van der Waals surface area contributed by atoms with Crippen molar-refractivity contribution in [2.45, 2.75) is 12.5 Å². The van der Waals surface area contributed by atoms with E-state index < -0.39 is 6.10 Å². The lowest BCUT2D eigenvalue weighted by Crippen LogP contribution is -2.00. The van der Waals surface area contributed by atoms with E-state index in [1.54, 1.807) is 18.4 Å². The van der Waals surface area contributed by atoms with Gasteiger partial charge in [0.05, 0.1) is 15.7 Å². The van der Waals surface area contributed by atoms with Crippen molar-refractivity contribution < 1.29 is 14.0 Å². The Morgan fingerprint density at radius 1 is 1.31 bits per heavy atom. The zero-order valence-electron chi connectivity index (χ0n) is 8.67. The lowest BCUT2D eigenvalue weighted by Gasteiger charge is -2.08. The fourth-order valence-electron chi connectivity index (χ4n) is 1.55. The second kappa shape index (κ2) is 5.15. The monoisotopic (exact) mass is 236 g/mol. The topological polar surface area (TPSA) is 42.6 Å². The molecule has 1 heterocycles.